The molecule has 6 nitrogen and oxygen atoms in total. The molecule has 4 N–H and O–H groups in total. The highest BCUT2D eigenvalue weighted by atomic mass is 16.5. The highest BCUT2D eigenvalue weighted by Gasteiger charge is 2.38. The maximum atomic E-state index is 10.6. The van der Waals surface area contributed by atoms with E-state index in [0.29, 0.717) is 31.9 Å². The lowest BCUT2D eigenvalue weighted by molar-refractivity contribution is -0.119. The van der Waals surface area contributed by atoms with Crippen LogP contribution in [0.2, 0.25) is 0 Å². The number of carbonyl (C=O) groups is 1. The highest BCUT2D eigenvalue weighted by Crippen LogP contribution is 2.24. The summed E-state index contributed by atoms with van der Waals surface area (Å²) in [5.41, 5.74) is 5.29. The number of rotatable bonds is 7. The van der Waals surface area contributed by atoms with Gasteiger partial charge in [0.25, 0.3) is 5.91 Å². The minimum absolute atomic E-state index is 0.123. The van der Waals surface area contributed by atoms with Gasteiger partial charge >= 0.3 is 0 Å². The van der Waals surface area contributed by atoms with Gasteiger partial charge in [0.05, 0.1) is 6.10 Å². The van der Waals surface area contributed by atoms with Crippen molar-refractivity contribution in [1.82, 2.24) is 5.32 Å². The normalized spacial score (nSPS) is 25.0. The molecule has 116 valence electrons. The van der Waals surface area contributed by atoms with Gasteiger partial charge < -0.3 is 25.6 Å². The third-order valence-corrected chi connectivity index (χ3v) is 3.72. The molecule has 1 aromatic rings. The van der Waals surface area contributed by atoms with Gasteiger partial charge in [-0.2, -0.15) is 0 Å². The summed E-state index contributed by atoms with van der Waals surface area (Å²) in [5.74, 6) is 0.107. The summed E-state index contributed by atoms with van der Waals surface area (Å²) in [6.07, 6.45) is 0.510. The van der Waals surface area contributed by atoms with E-state index in [1.807, 2.05) is 19.1 Å². The van der Waals surface area contributed by atoms with Crippen LogP contribution in [-0.4, -0.2) is 42.5 Å². The zero-order valence-corrected chi connectivity index (χ0v) is 12.2. The van der Waals surface area contributed by atoms with E-state index in [0.717, 1.165) is 5.56 Å². The number of amides is 1. The summed E-state index contributed by atoms with van der Waals surface area (Å²) in [4.78, 5) is 10.6. The summed E-state index contributed by atoms with van der Waals surface area (Å²) in [6, 6.07) is 7.38. The molecule has 0 saturated carbocycles. The maximum Gasteiger partial charge on any atom is 0.255 e. The Balaban J connectivity index is 1.77. The second-order valence-electron chi connectivity index (χ2n) is 5.37. The Morgan fingerprint density at radius 3 is 2.81 bits per heavy atom. The Bertz CT molecular complexity index is 477. The van der Waals surface area contributed by atoms with E-state index in [9.17, 15) is 9.90 Å². The second-order valence-corrected chi connectivity index (χ2v) is 5.37. The van der Waals surface area contributed by atoms with Gasteiger partial charge in [-0.1, -0.05) is 12.1 Å². The van der Waals surface area contributed by atoms with E-state index in [4.69, 9.17) is 15.2 Å². The molecular weight excluding hydrogens is 272 g/mol. The van der Waals surface area contributed by atoms with Crippen LogP contribution < -0.4 is 15.8 Å². The topological polar surface area (TPSA) is 93.8 Å². The van der Waals surface area contributed by atoms with Gasteiger partial charge in [-0.25, -0.2) is 0 Å². The van der Waals surface area contributed by atoms with E-state index < -0.39 is 11.5 Å². The number of hydrogen-bond acceptors (Lipinski definition) is 5. The predicted molar refractivity (Wildman–Crippen MR) is 77.8 cm³/mol. The minimum Gasteiger partial charge on any atom is -0.484 e. The standard InChI is InChI=1S/C15H22N2O4/c1-11-15(19,6-7-20-11)10-17-8-12-2-4-13(5-3-12)21-9-14(16)18/h2-5,11,17,19H,6-10H2,1H3,(H2,16,18). The van der Waals surface area contributed by atoms with Crippen molar-refractivity contribution >= 4 is 5.91 Å². The van der Waals surface area contributed by atoms with Gasteiger partial charge in [0.2, 0.25) is 0 Å². The molecule has 1 saturated heterocycles. The van der Waals surface area contributed by atoms with E-state index in [2.05, 4.69) is 5.32 Å². The van der Waals surface area contributed by atoms with Crippen LogP contribution >= 0.6 is 0 Å². The molecule has 1 aliphatic heterocycles. The first-order chi connectivity index (χ1) is 9.99. The monoisotopic (exact) mass is 294 g/mol. The molecule has 6 heteroatoms. The lowest BCUT2D eigenvalue weighted by Gasteiger charge is -2.26. The predicted octanol–water partition coefficient (Wildman–Crippen LogP) is 0.180. The average molecular weight is 294 g/mol. The van der Waals surface area contributed by atoms with Crippen molar-refractivity contribution in [3.8, 4) is 5.75 Å². The molecule has 1 amide bonds. The van der Waals surface area contributed by atoms with Crippen LogP contribution in [0.4, 0.5) is 0 Å². The first-order valence-electron chi connectivity index (χ1n) is 7.04. The molecule has 0 radical (unpaired) electrons. The van der Waals surface area contributed by atoms with Crippen molar-refractivity contribution in [2.24, 2.45) is 5.73 Å². The third kappa shape index (κ3) is 4.42. The minimum atomic E-state index is -0.787. The Morgan fingerprint density at radius 1 is 1.52 bits per heavy atom. The molecule has 1 heterocycles. The number of benzene rings is 1. The Hall–Kier alpha value is -1.63. The molecule has 1 aromatic carbocycles. The van der Waals surface area contributed by atoms with Crippen LogP contribution in [0.25, 0.3) is 0 Å². The largest absolute Gasteiger partial charge is 0.484 e. The zero-order valence-electron chi connectivity index (χ0n) is 12.2. The van der Waals surface area contributed by atoms with Gasteiger partial charge in [0.15, 0.2) is 6.61 Å². The Labute approximate surface area is 124 Å². The van der Waals surface area contributed by atoms with Crippen molar-refractivity contribution < 1.29 is 19.4 Å². The molecule has 21 heavy (non-hydrogen) atoms. The lowest BCUT2D eigenvalue weighted by atomic mass is 9.96. The van der Waals surface area contributed by atoms with Crippen LogP contribution in [0.5, 0.6) is 5.75 Å². The molecule has 0 spiro atoms. The summed E-state index contributed by atoms with van der Waals surface area (Å²) < 4.78 is 10.6. The molecule has 0 aliphatic carbocycles. The molecule has 2 rings (SSSR count). The number of nitrogens with one attached hydrogen (secondary N) is 1. The van der Waals surface area contributed by atoms with Gasteiger partial charge in [-0.15, -0.1) is 0 Å². The Morgan fingerprint density at radius 2 is 2.24 bits per heavy atom. The summed E-state index contributed by atoms with van der Waals surface area (Å²) >= 11 is 0. The molecule has 0 bridgehead atoms. The fraction of sp³-hybridized carbons (Fsp3) is 0.533. The highest BCUT2D eigenvalue weighted by molar-refractivity contribution is 5.75. The van der Waals surface area contributed by atoms with Gasteiger partial charge in [-0.3, -0.25) is 4.79 Å². The number of hydrogen-bond donors (Lipinski definition) is 3. The average Bonchev–Trinajstić information content (AvgIpc) is 2.78. The fourth-order valence-electron chi connectivity index (χ4n) is 2.28. The van der Waals surface area contributed by atoms with Crippen molar-refractivity contribution in [3.63, 3.8) is 0 Å². The van der Waals surface area contributed by atoms with E-state index in [1.54, 1.807) is 12.1 Å². The zero-order chi connectivity index (χ0) is 15.3. The van der Waals surface area contributed by atoms with Crippen LogP contribution in [0.1, 0.15) is 18.9 Å². The molecular formula is C15H22N2O4. The van der Waals surface area contributed by atoms with Crippen LogP contribution in [0.15, 0.2) is 24.3 Å². The molecule has 2 atom stereocenters. The lowest BCUT2D eigenvalue weighted by Crippen LogP contribution is -2.45. The fourth-order valence-corrected chi connectivity index (χ4v) is 2.28. The smallest absolute Gasteiger partial charge is 0.255 e. The number of primary amides is 1. The molecule has 0 aromatic heterocycles. The number of ether oxygens (including phenoxy) is 2. The number of carbonyl (C=O) groups excluding carboxylic acids is 1. The van der Waals surface area contributed by atoms with E-state index in [1.165, 1.54) is 0 Å². The van der Waals surface area contributed by atoms with Crippen molar-refractivity contribution in [1.29, 1.82) is 0 Å². The van der Waals surface area contributed by atoms with Crippen LogP contribution in [0.3, 0.4) is 0 Å². The van der Waals surface area contributed by atoms with E-state index >= 15 is 0 Å². The number of nitrogens with two attached hydrogens (primary N) is 1. The van der Waals surface area contributed by atoms with Crippen molar-refractivity contribution in [3.05, 3.63) is 29.8 Å². The summed E-state index contributed by atoms with van der Waals surface area (Å²) in [6.45, 7) is 3.51. The summed E-state index contributed by atoms with van der Waals surface area (Å²) in [5, 5.41) is 13.6. The molecule has 1 fully saturated rings. The molecule has 2 unspecified atom stereocenters. The Kier molecular flexibility index (Phi) is 5.17. The van der Waals surface area contributed by atoms with Gasteiger partial charge in [-0.05, 0) is 24.6 Å². The first kappa shape index (κ1) is 15.8. The van der Waals surface area contributed by atoms with Crippen molar-refractivity contribution in [2.45, 2.75) is 31.6 Å². The number of aliphatic hydroxyl groups is 1. The SMILES string of the molecule is CC1OCCC1(O)CNCc1ccc(OCC(N)=O)cc1. The van der Waals surface area contributed by atoms with Gasteiger partial charge in [0.1, 0.15) is 11.4 Å². The first-order valence-corrected chi connectivity index (χ1v) is 7.04. The second kappa shape index (κ2) is 6.89. The maximum absolute atomic E-state index is 10.6. The van der Waals surface area contributed by atoms with Crippen LogP contribution in [0, 0.1) is 0 Å². The quantitative estimate of drug-likeness (QED) is 0.667. The van der Waals surface area contributed by atoms with Gasteiger partial charge in [0, 0.05) is 26.1 Å². The molecule has 1 aliphatic rings. The van der Waals surface area contributed by atoms with Crippen molar-refractivity contribution in [2.75, 3.05) is 19.8 Å². The van der Waals surface area contributed by atoms with E-state index in [-0.39, 0.29) is 12.7 Å². The summed E-state index contributed by atoms with van der Waals surface area (Å²) in [7, 11) is 0. The third-order valence-electron chi connectivity index (χ3n) is 3.72. The van der Waals surface area contributed by atoms with Crippen LogP contribution in [-0.2, 0) is 16.1 Å².